The summed E-state index contributed by atoms with van der Waals surface area (Å²) in [6.07, 6.45) is 1.60. The van der Waals surface area contributed by atoms with Crippen LogP contribution in [-0.4, -0.2) is 27.1 Å². The number of benzene rings is 3. The Morgan fingerprint density at radius 1 is 1.00 bits per heavy atom. The van der Waals surface area contributed by atoms with Crippen molar-refractivity contribution in [3.63, 3.8) is 0 Å². The van der Waals surface area contributed by atoms with Gasteiger partial charge in [0.25, 0.3) is 0 Å². The number of hydrogen-bond donors (Lipinski definition) is 0. The molecule has 176 valence electrons. The van der Waals surface area contributed by atoms with E-state index < -0.39 is 5.82 Å². The van der Waals surface area contributed by atoms with Gasteiger partial charge in [-0.3, -0.25) is 4.79 Å². The lowest BCUT2D eigenvalue weighted by Gasteiger charge is -2.14. The molecule has 0 N–H and O–H groups in total. The average Bonchev–Trinajstić information content (AvgIpc) is 3.13. The molecule has 0 aliphatic carbocycles. The number of methoxy groups -OCH3 is 3. The number of ether oxygens (including phenoxy) is 5. The molecule has 0 saturated heterocycles. The quantitative estimate of drug-likeness (QED) is 0.383. The maximum atomic E-state index is 13.3. The van der Waals surface area contributed by atoms with E-state index in [0.29, 0.717) is 51.0 Å². The lowest BCUT2D eigenvalue weighted by Crippen LogP contribution is -2.01. The minimum absolute atomic E-state index is 0.136. The first-order chi connectivity index (χ1) is 16.4. The summed E-state index contributed by atoms with van der Waals surface area (Å²) in [5, 5.41) is 0.276. The number of aryl methyl sites for hydroxylation is 1. The number of hydrogen-bond acceptors (Lipinski definition) is 6. The summed E-state index contributed by atoms with van der Waals surface area (Å²) in [5.41, 5.74) is 2.39. The number of Topliss-reactive ketones (excluding diaryl/α,β-unsaturated/α-hetero) is 1. The number of carbonyl (C=O) groups is 1. The molecule has 0 spiro atoms. The zero-order valence-corrected chi connectivity index (χ0v) is 19.8. The van der Waals surface area contributed by atoms with Gasteiger partial charge in [0, 0.05) is 17.2 Å². The Balaban J connectivity index is 1.62. The van der Waals surface area contributed by atoms with Gasteiger partial charge >= 0.3 is 0 Å². The summed E-state index contributed by atoms with van der Waals surface area (Å²) in [6, 6.07) is 11.0. The second kappa shape index (κ2) is 9.65. The molecular formula is C26H22ClFO6. The third-order valence-corrected chi connectivity index (χ3v) is 5.73. The van der Waals surface area contributed by atoms with E-state index in [9.17, 15) is 9.18 Å². The van der Waals surface area contributed by atoms with Gasteiger partial charge in [0.2, 0.25) is 11.5 Å². The SMILES string of the molecule is COc1ccc(/C=C2\Oc3cc(OCc4ccc(F)cc4Cl)cc(C)c3C2=O)c(OC)c1OC. The van der Waals surface area contributed by atoms with Crippen LogP contribution in [0.2, 0.25) is 5.02 Å². The molecule has 0 amide bonds. The summed E-state index contributed by atoms with van der Waals surface area (Å²) in [6.45, 7) is 1.94. The Bertz CT molecular complexity index is 1300. The van der Waals surface area contributed by atoms with E-state index in [2.05, 4.69) is 0 Å². The first kappa shape index (κ1) is 23.4. The molecule has 0 atom stereocenters. The van der Waals surface area contributed by atoms with Gasteiger partial charge < -0.3 is 23.7 Å². The van der Waals surface area contributed by atoms with Crippen molar-refractivity contribution >= 4 is 23.5 Å². The van der Waals surface area contributed by atoms with Gasteiger partial charge in [-0.05, 0) is 48.9 Å². The molecule has 8 heteroatoms. The number of halogens is 2. The molecule has 4 rings (SSSR count). The Morgan fingerprint density at radius 2 is 1.76 bits per heavy atom. The summed E-state index contributed by atoms with van der Waals surface area (Å²) < 4.78 is 41.2. The lowest BCUT2D eigenvalue weighted by atomic mass is 10.0. The van der Waals surface area contributed by atoms with E-state index in [-0.39, 0.29) is 23.2 Å². The van der Waals surface area contributed by atoms with Crippen molar-refractivity contribution in [1.29, 1.82) is 0 Å². The predicted molar refractivity (Wildman–Crippen MR) is 126 cm³/mol. The highest BCUT2D eigenvalue weighted by atomic mass is 35.5. The summed E-state index contributed by atoms with van der Waals surface area (Å²) in [7, 11) is 4.54. The molecular weight excluding hydrogens is 463 g/mol. The first-order valence-electron chi connectivity index (χ1n) is 10.3. The maximum absolute atomic E-state index is 13.3. The Morgan fingerprint density at radius 3 is 2.44 bits per heavy atom. The number of ketones is 1. The third kappa shape index (κ3) is 4.39. The molecule has 34 heavy (non-hydrogen) atoms. The molecule has 6 nitrogen and oxygen atoms in total. The molecule has 3 aromatic rings. The smallest absolute Gasteiger partial charge is 0.232 e. The Hall–Kier alpha value is -3.71. The van der Waals surface area contributed by atoms with Crippen molar-refractivity contribution in [2.45, 2.75) is 13.5 Å². The Labute approximate surface area is 201 Å². The topological polar surface area (TPSA) is 63.2 Å². The van der Waals surface area contributed by atoms with Gasteiger partial charge in [-0.25, -0.2) is 4.39 Å². The normalized spacial score (nSPS) is 13.5. The van der Waals surface area contributed by atoms with Gasteiger partial charge in [0.1, 0.15) is 23.9 Å². The first-order valence-corrected chi connectivity index (χ1v) is 10.7. The second-order valence-corrected chi connectivity index (χ2v) is 7.91. The number of carbonyl (C=O) groups excluding carboxylic acids is 1. The van der Waals surface area contributed by atoms with Crippen LogP contribution >= 0.6 is 11.6 Å². The van der Waals surface area contributed by atoms with Crippen LogP contribution < -0.4 is 23.7 Å². The highest BCUT2D eigenvalue weighted by Crippen LogP contribution is 2.42. The van der Waals surface area contributed by atoms with E-state index in [1.807, 2.05) is 0 Å². The second-order valence-electron chi connectivity index (χ2n) is 7.50. The summed E-state index contributed by atoms with van der Waals surface area (Å²) >= 11 is 6.08. The summed E-state index contributed by atoms with van der Waals surface area (Å²) in [5.74, 6) is 1.68. The van der Waals surface area contributed by atoms with Gasteiger partial charge in [-0.2, -0.15) is 0 Å². The Kier molecular flexibility index (Phi) is 6.65. The van der Waals surface area contributed by atoms with E-state index in [1.165, 1.54) is 33.5 Å². The van der Waals surface area contributed by atoms with Crippen LogP contribution in [-0.2, 0) is 6.61 Å². The van der Waals surface area contributed by atoms with Crippen LogP contribution in [0.25, 0.3) is 6.08 Å². The van der Waals surface area contributed by atoms with Crippen LogP contribution in [0, 0.1) is 12.7 Å². The van der Waals surface area contributed by atoms with E-state index in [4.69, 9.17) is 35.3 Å². The number of rotatable bonds is 7. The molecule has 3 aromatic carbocycles. The van der Waals surface area contributed by atoms with Crippen LogP contribution in [0.5, 0.6) is 28.7 Å². The van der Waals surface area contributed by atoms with E-state index in [1.54, 1.807) is 43.3 Å². The fourth-order valence-corrected chi connectivity index (χ4v) is 3.96. The molecule has 1 aliphatic rings. The van der Waals surface area contributed by atoms with Crippen molar-refractivity contribution in [2.75, 3.05) is 21.3 Å². The van der Waals surface area contributed by atoms with Gasteiger partial charge in [0.15, 0.2) is 17.3 Å². The van der Waals surface area contributed by atoms with E-state index in [0.717, 1.165) is 0 Å². The predicted octanol–water partition coefficient (Wildman–Crippen LogP) is 6.01. The zero-order chi connectivity index (χ0) is 24.4. The van der Waals surface area contributed by atoms with Crippen LogP contribution in [0.1, 0.15) is 27.0 Å². The van der Waals surface area contributed by atoms with Crippen LogP contribution in [0.3, 0.4) is 0 Å². The highest BCUT2D eigenvalue weighted by Gasteiger charge is 2.30. The molecule has 0 saturated carbocycles. The standard InChI is InChI=1S/C26H22ClFO6/c1-14-9-18(33-13-16-5-7-17(28)11-19(16)27)12-21-23(14)24(29)22(34-21)10-15-6-8-20(30-2)26(32-4)25(15)31-3/h5-12H,13H2,1-4H3/b22-10-. The fourth-order valence-electron chi connectivity index (χ4n) is 3.74. The van der Waals surface area contributed by atoms with Crippen molar-refractivity contribution in [2.24, 2.45) is 0 Å². The molecule has 0 aromatic heterocycles. The van der Waals surface area contributed by atoms with E-state index >= 15 is 0 Å². The van der Waals surface area contributed by atoms with Crippen molar-refractivity contribution in [3.05, 3.63) is 81.3 Å². The molecule has 1 heterocycles. The van der Waals surface area contributed by atoms with Crippen molar-refractivity contribution in [1.82, 2.24) is 0 Å². The monoisotopic (exact) mass is 484 g/mol. The molecule has 1 aliphatic heterocycles. The fraction of sp³-hybridized carbons (Fsp3) is 0.192. The van der Waals surface area contributed by atoms with Gasteiger partial charge in [-0.1, -0.05) is 17.7 Å². The lowest BCUT2D eigenvalue weighted by molar-refractivity contribution is 0.101. The largest absolute Gasteiger partial charge is 0.493 e. The summed E-state index contributed by atoms with van der Waals surface area (Å²) in [4.78, 5) is 13.1. The molecule has 0 fully saturated rings. The molecule has 0 radical (unpaired) electrons. The number of fused-ring (bicyclic) bond motifs is 1. The van der Waals surface area contributed by atoms with Gasteiger partial charge in [0.05, 0.1) is 31.9 Å². The third-order valence-electron chi connectivity index (χ3n) is 5.37. The maximum Gasteiger partial charge on any atom is 0.232 e. The zero-order valence-electron chi connectivity index (χ0n) is 19.0. The van der Waals surface area contributed by atoms with Crippen LogP contribution in [0.4, 0.5) is 4.39 Å². The highest BCUT2D eigenvalue weighted by molar-refractivity contribution is 6.31. The van der Waals surface area contributed by atoms with Crippen molar-refractivity contribution < 1.29 is 32.9 Å². The molecule has 0 unspecified atom stereocenters. The molecule has 0 bridgehead atoms. The minimum atomic E-state index is -0.417. The van der Waals surface area contributed by atoms with Crippen molar-refractivity contribution in [3.8, 4) is 28.7 Å². The number of allylic oxidation sites excluding steroid dienone is 1. The van der Waals surface area contributed by atoms with Crippen LogP contribution in [0.15, 0.2) is 48.2 Å². The van der Waals surface area contributed by atoms with Gasteiger partial charge in [-0.15, -0.1) is 0 Å². The minimum Gasteiger partial charge on any atom is -0.493 e. The average molecular weight is 485 g/mol.